The van der Waals surface area contributed by atoms with Crippen molar-refractivity contribution < 1.29 is 22.8 Å². The van der Waals surface area contributed by atoms with Gasteiger partial charge in [-0.3, -0.25) is 14.5 Å². The Labute approximate surface area is 178 Å². The molecule has 1 heterocycles. The first-order valence-corrected chi connectivity index (χ1v) is 10.6. The van der Waals surface area contributed by atoms with Crippen molar-refractivity contribution in [2.75, 3.05) is 26.0 Å². The number of urea groups is 1. The third-order valence-electron chi connectivity index (χ3n) is 4.45. The van der Waals surface area contributed by atoms with Crippen molar-refractivity contribution in [3.63, 3.8) is 0 Å². The fourth-order valence-electron chi connectivity index (χ4n) is 2.74. The van der Waals surface area contributed by atoms with Gasteiger partial charge < -0.3 is 10.6 Å². The van der Waals surface area contributed by atoms with Crippen molar-refractivity contribution in [2.24, 2.45) is 0 Å². The number of rotatable bonds is 6. The molecule has 0 bridgehead atoms. The van der Waals surface area contributed by atoms with E-state index in [1.165, 1.54) is 32.3 Å². The van der Waals surface area contributed by atoms with Gasteiger partial charge in [0.15, 0.2) is 0 Å². The molecule has 0 radical (unpaired) electrons. The summed E-state index contributed by atoms with van der Waals surface area (Å²) in [6.07, 6.45) is 0. The van der Waals surface area contributed by atoms with E-state index in [0.29, 0.717) is 11.3 Å². The first-order chi connectivity index (χ1) is 14.1. The van der Waals surface area contributed by atoms with Crippen LogP contribution >= 0.6 is 11.6 Å². The first-order valence-electron chi connectivity index (χ1n) is 8.80. The Morgan fingerprint density at radius 2 is 1.83 bits per heavy atom. The summed E-state index contributed by atoms with van der Waals surface area (Å²) < 4.78 is 25.6. The highest BCUT2D eigenvalue weighted by atomic mass is 35.5. The number of anilines is 1. The number of nitrogens with zero attached hydrogens (tertiary/aromatic N) is 2. The molecular formula is C19H19ClN4O5S. The van der Waals surface area contributed by atoms with Gasteiger partial charge in [0.25, 0.3) is 5.91 Å². The molecule has 4 amide bonds. The maximum atomic E-state index is 12.6. The van der Waals surface area contributed by atoms with Crippen LogP contribution in [0.3, 0.4) is 0 Å². The number of halogens is 1. The van der Waals surface area contributed by atoms with Gasteiger partial charge in [-0.25, -0.2) is 17.5 Å². The molecule has 1 aliphatic rings. The number of benzene rings is 2. The van der Waals surface area contributed by atoms with Crippen LogP contribution in [-0.4, -0.2) is 56.1 Å². The quantitative estimate of drug-likeness (QED) is 0.652. The van der Waals surface area contributed by atoms with Gasteiger partial charge in [-0.15, -0.1) is 0 Å². The summed E-state index contributed by atoms with van der Waals surface area (Å²) in [5.74, 6) is -0.878. The molecule has 0 atom stereocenters. The third-order valence-corrected chi connectivity index (χ3v) is 6.59. The zero-order chi connectivity index (χ0) is 22.1. The summed E-state index contributed by atoms with van der Waals surface area (Å²) in [6, 6.07) is 10.0. The minimum Gasteiger partial charge on any atom is -0.329 e. The smallest absolute Gasteiger partial charge is 0.324 e. The largest absolute Gasteiger partial charge is 0.329 e. The average Bonchev–Trinajstić information content (AvgIpc) is 3.01. The number of hydrogen-bond acceptors (Lipinski definition) is 5. The van der Waals surface area contributed by atoms with Gasteiger partial charge in [-0.1, -0.05) is 23.7 Å². The Kier molecular flexibility index (Phi) is 6.11. The number of amides is 4. The number of hydrogen-bond donors (Lipinski definition) is 2. The molecule has 0 saturated carbocycles. The Morgan fingerprint density at radius 1 is 1.17 bits per heavy atom. The Bertz CT molecular complexity index is 1100. The minimum atomic E-state index is -3.72. The predicted octanol–water partition coefficient (Wildman–Crippen LogP) is 1.89. The molecule has 2 aromatic carbocycles. The van der Waals surface area contributed by atoms with E-state index in [9.17, 15) is 22.8 Å². The Morgan fingerprint density at radius 3 is 2.40 bits per heavy atom. The summed E-state index contributed by atoms with van der Waals surface area (Å²) in [4.78, 5) is 36.9. The van der Waals surface area contributed by atoms with Gasteiger partial charge >= 0.3 is 6.03 Å². The average molecular weight is 451 g/mol. The highest BCUT2D eigenvalue weighted by Gasteiger charge is 2.28. The van der Waals surface area contributed by atoms with Crippen LogP contribution < -0.4 is 10.6 Å². The van der Waals surface area contributed by atoms with Crippen LogP contribution in [0.2, 0.25) is 5.02 Å². The zero-order valence-corrected chi connectivity index (χ0v) is 17.7. The normalized spacial score (nSPS) is 14.2. The lowest BCUT2D eigenvalue weighted by Crippen LogP contribution is -2.30. The van der Waals surface area contributed by atoms with Crippen molar-refractivity contribution in [3.8, 4) is 0 Å². The van der Waals surface area contributed by atoms with Crippen LogP contribution in [0.4, 0.5) is 10.5 Å². The third kappa shape index (κ3) is 4.45. The second-order valence-corrected chi connectivity index (χ2v) is 9.28. The van der Waals surface area contributed by atoms with E-state index in [1.54, 1.807) is 24.3 Å². The zero-order valence-electron chi connectivity index (χ0n) is 16.2. The number of sulfonamides is 1. The molecule has 0 aromatic heterocycles. The molecule has 2 aromatic rings. The maximum absolute atomic E-state index is 12.6. The van der Waals surface area contributed by atoms with Gasteiger partial charge in [-0.05, 0) is 35.9 Å². The van der Waals surface area contributed by atoms with Gasteiger partial charge in [0.1, 0.15) is 0 Å². The Hall–Kier alpha value is -2.95. The van der Waals surface area contributed by atoms with Crippen molar-refractivity contribution >= 4 is 45.2 Å². The van der Waals surface area contributed by atoms with Crippen LogP contribution in [0.5, 0.6) is 0 Å². The molecule has 9 nitrogen and oxygen atoms in total. The van der Waals surface area contributed by atoms with Crippen molar-refractivity contribution in [3.05, 3.63) is 58.6 Å². The van der Waals surface area contributed by atoms with E-state index in [2.05, 4.69) is 10.6 Å². The molecule has 158 valence electrons. The molecule has 1 fully saturated rings. The van der Waals surface area contributed by atoms with E-state index in [4.69, 9.17) is 11.6 Å². The van der Waals surface area contributed by atoms with Gasteiger partial charge in [-0.2, -0.15) is 0 Å². The molecule has 11 heteroatoms. The van der Waals surface area contributed by atoms with Crippen LogP contribution in [0, 0.1) is 0 Å². The van der Waals surface area contributed by atoms with Crippen molar-refractivity contribution in [1.29, 1.82) is 0 Å². The van der Waals surface area contributed by atoms with Gasteiger partial charge in [0.2, 0.25) is 15.9 Å². The second-order valence-electron chi connectivity index (χ2n) is 6.72. The fraction of sp³-hybridized carbons (Fsp3) is 0.211. The second kappa shape index (κ2) is 8.42. The summed E-state index contributed by atoms with van der Waals surface area (Å²) in [7, 11) is -0.932. The molecule has 3 rings (SSSR count). The molecular weight excluding hydrogens is 432 g/mol. The van der Waals surface area contributed by atoms with E-state index >= 15 is 0 Å². The molecule has 1 saturated heterocycles. The molecule has 0 spiro atoms. The number of imide groups is 1. The topological polar surface area (TPSA) is 116 Å². The highest BCUT2D eigenvalue weighted by Crippen LogP contribution is 2.23. The number of nitrogens with one attached hydrogen (secondary N) is 2. The van der Waals surface area contributed by atoms with Gasteiger partial charge in [0, 0.05) is 19.8 Å². The highest BCUT2D eigenvalue weighted by molar-refractivity contribution is 7.89. The molecule has 30 heavy (non-hydrogen) atoms. The van der Waals surface area contributed by atoms with Crippen molar-refractivity contribution in [2.45, 2.75) is 11.4 Å². The van der Waals surface area contributed by atoms with Crippen LogP contribution in [-0.2, 0) is 21.4 Å². The lowest BCUT2D eigenvalue weighted by Gasteiger charge is -2.14. The molecule has 1 aliphatic heterocycles. The Balaban J connectivity index is 1.75. The number of carbonyl (C=O) groups excluding carboxylic acids is 3. The monoisotopic (exact) mass is 450 g/mol. The predicted molar refractivity (Wildman–Crippen MR) is 111 cm³/mol. The summed E-state index contributed by atoms with van der Waals surface area (Å²) in [5.41, 5.74) is 1.16. The summed E-state index contributed by atoms with van der Waals surface area (Å²) >= 11 is 6.09. The van der Waals surface area contributed by atoms with E-state index < -0.39 is 22.0 Å². The lowest BCUT2D eigenvalue weighted by atomic mass is 10.1. The standard InChI is InChI=1S/C19H19ClN4O5S/c1-23(2)30(28,29)14-7-8-16(20)15(9-14)18(26)22-13-5-3-12(4-6-13)11-24-17(25)10-21-19(24)27/h3-9H,10-11H2,1-2H3,(H,21,27)(H,22,26). The summed E-state index contributed by atoms with van der Waals surface area (Å²) in [5, 5.41) is 5.21. The number of carbonyl (C=O) groups is 3. The molecule has 2 N–H and O–H groups in total. The maximum Gasteiger partial charge on any atom is 0.324 e. The van der Waals surface area contributed by atoms with Crippen molar-refractivity contribution in [1.82, 2.24) is 14.5 Å². The van der Waals surface area contributed by atoms with Gasteiger partial charge in [0.05, 0.1) is 28.6 Å². The lowest BCUT2D eigenvalue weighted by molar-refractivity contribution is -0.125. The molecule has 0 unspecified atom stereocenters. The fourth-order valence-corrected chi connectivity index (χ4v) is 3.87. The SMILES string of the molecule is CN(C)S(=O)(=O)c1ccc(Cl)c(C(=O)Nc2ccc(CN3C(=O)CNC3=O)cc2)c1. The van der Waals surface area contributed by atoms with E-state index in [0.717, 1.165) is 9.21 Å². The minimum absolute atomic E-state index is 0.0167. The first kappa shape index (κ1) is 21.8. The van der Waals surface area contributed by atoms with E-state index in [1.807, 2.05) is 0 Å². The van der Waals surface area contributed by atoms with E-state index in [-0.39, 0.29) is 34.5 Å². The van der Waals surface area contributed by atoms with Crippen LogP contribution in [0.15, 0.2) is 47.4 Å². The van der Waals surface area contributed by atoms with Crippen LogP contribution in [0.1, 0.15) is 15.9 Å². The van der Waals surface area contributed by atoms with Crippen LogP contribution in [0.25, 0.3) is 0 Å². The summed E-state index contributed by atoms with van der Waals surface area (Å²) in [6.45, 7) is 0.103. The molecule has 0 aliphatic carbocycles.